The lowest BCUT2D eigenvalue weighted by Crippen LogP contribution is -2.45. The third-order valence-electron chi connectivity index (χ3n) is 4.89. The van der Waals surface area contributed by atoms with Gasteiger partial charge >= 0.3 is 0 Å². The second-order valence-corrected chi connectivity index (χ2v) is 6.28. The highest BCUT2D eigenvalue weighted by molar-refractivity contribution is 5.98. The largest absolute Gasteiger partial charge is 0.497 e. The Hall–Kier alpha value is -2.75. The van der Waals surface area contributed by atoms with Crippen LogP contribution < -0.4 is 4.74 Å². The third-order valence-corrected chi connectivity index (χ3v) is 4.89. The number of fused-ring (bicyclic) bond motifs is 1. The molecule has 2 aromatic carbocycles. The van der Waals surface area contributed by atoms with E-state index in [0.717, 1.165) is 40.7 Å². The SMILES string of the molecule is COc1cccc([C@H]2CCN2C(=O)c2ccc3ccn(C)c3c2)c1. The van der Waals surface area contributed by atoms with E-state index in [1.165, 1.54) is 0 Å². The first-order valence-corrected chi connectivity index (χ1v) is 8.17. The number of likely N-dealkylation sites (tertiary alicyclic amines) is 1. The molecule has 0 unspecified atom stereocenters. The van der Waals surface area contributed by atoms with Crippen LogP contribution >= 0.6 is 0 Å². The molecule has 1 amide bonds. The molecule has 0 spiro atoms. The molecule has 1 aromatic heterocycles. The van der Waals surface area contributed by atoms with Crippen LogP contribution in [0.4, 0.5) is 0 Å². The van der Waals surface area contributed by atoms with Crippen molar-refractivity contribution in [2.75, 3.05) is 13.7 Å². The molecule has 0 saturated carbocycles. The van der Waals surface area contributed by atoms with Gasteiger partial charge in [0.15, 0.2) is 0 Å². The minimum atomic E-state index is 0.0946. The highest BCUT2D eigenvalue weighted by Crippen LogP contribution is 2.36. The molecule has 1 saturated heterocycles. The van der Waals surface area contributed by atoms with Crippen molar-refractivity contribution in [3.63, 3.8) is 0 Å². The smallest absolute Gasteiger partial charge is 0.254 e. The first kappa shape index (κ1) is 14.8. The Bertz CT molecular complexity index is 913. The molecule has 4 rings (SSSR count). The second-order valence-electron chi connectivity index (χ2n) is 6.28. The van der Waals surface area contributed by atoms with Crippen LogP contribution in [0.15, 0.2) is 54.7 Å². The first-order valence-electron chi connectivity index (χ1n) is 8.17. The Kier molecular flexibility index (Phi) is 3.53. The van der Waals surface area contributed by atoms with Crippen LogP contribution in [-0.4, -0.2) is 29.0 Å². The van der Waals surface area contributed by atoms with Crippen LogP contribution in [-0.2, 0) is 7.05 Å². The van der Waals surface area contributed by atoms with Gasteiger partial charge in [0.1, 0.15) is 5.75 Å². The van der Waals surface area contributed by atoms with E-state index in [1.807, 2.05) is 59.1 Å². The molecule has 2 heterocycles. The number of aryl methyl sites for hydroxylation is 1. The minimum absolute atomic E-state index is 0.0946. The zero-order chi connectivity index (χ0) is 16.7. The summed E-state index contributed by atoms with van der Waals surface area (Å²) in [5.74, 6) is 0.925. The van der Waals surface area contributed by atoms with Crippen molar-refractivity contribution in [3.05, 3.63) is 65.9 Å². The monoisotopic (exact) mass is 320 g/mol. The maximum atomic E-state index is 12.9. The van der Waals surface area contributed by atoms with Crippen LogP contribution in [0.1, 0.15) is 28.4 Å². The number of aromatic nitrogens is 1. The van der Waals surface area contributed by atoms with Crippen molar-refractivity contribution >= 4 is 16.8 Å². The molecule has 3 aromatic rings. The van der Waals surface area contributed by atoms with Gasteiger partial charge in [0.25, 0.3) is 5.91 Å². The van der Waals surface area contributed by atoms with E-state index in [4.69, 9.17) is 4.74 Å². The van der Waals surface area contributed by atoms with Gasteiger partial charge < -0.3 is 14.2 Å². The molecule has 0 N–H and O–H groups in total. The van der Waals surface area contributed by atoms with E-state index in [0.29, 0.717) is 0 Å². The summed E-state index contributed by atoms with van der Waals surface area (Å²) in [7, 11) is 3.66. The lowest BCUT2D eigenvalue weighted by atomic mass is 9.93. The fraction of sp³-hybridized carbons (Fsp3) is 0.250. The molecular formula is C20H20N2O2. The van der Waals surface area contributed by atoms with Crippen LogP contribution in [0.5, 0.6) is 5.75 Å². The molecule has 122 valence electrons. The number of nitrogens with zero attached hydrogens (tertiary/aromatic N) is 2. The van der Waals surface area contributed by atoms with E-state index in [9.17, 15) is 4.79 Å². The summed E-state index contributed by atoms with van der Waals surface area (Å²) in [5, 5.41) is 1.15. The molecule has 0 radical (unpaired) electrons. The maximum absolute atomic E-state index is 12.9. The van der Waals surface area contributed by atoms with E-state index in [-0.39, 0.29) is 11.9 Å². The zero-order valence-corrected chi connectivity index (χ0v) is 13.9. The Labute approximate surface area is 141 Å². The zero-order valence-electron chi connectivity index (χ0n) is 13.9. The molecule has 1 aliphatic rings. The standard InChI is InChI=1S/C20H20N2O2/c1-21-10-8-14-6-7-16(13-19(14)21)20(23)22-11-9-18(22)15-4-3-5-17(12-15)24-2/h3-8,10,12-13,18H,9,11H2,1-2H3/t18-/m1/s1. The number of carbonyl (C=O) groups excluding carboxylic acids is 1. The summed E-state index contributed by atoms with van der Waals surface area (Å²) < 4.78 is 7.34. The molecule has 0 aliphatic carbocycles. The number of rotatable bonds is 3. The molecular weight excluding hydrogens is 300 g/mol. The molecule has 1 atom stereocenters. The Morgan fingerprint density at radius 1 is 1.17 bits per heavy atom. The lowest BCUT2D eigenvalue weighted by molar-refractivity contribution is 0.0460. The van der Waals surface area contributed by atoms with Gasteiger partial charge in [-0.25, -0.2) is 0 Å². The summed E-state index contributed by atoms with van der Waals surface area (Å²) >= 11 is 0. The highest BCUT2D eigenvalue weighted by Gasteiger charge is 2.34. The van der Waals surface area contributed by atoms with Gasteiger partial charge in [-0.05, 0) is 47.7 Å². The van der Waals surface area contributed by atoms with Gasteiger partial charge in [0.2, 0.25) is 0 Å². The topological polar surface area (TPSA) is 34.5 Å². The van der Waals surface area contributed by atoms with Gasteiger partial charge in [0, 0.05) is 30.9 Å². The quantitative estimate of drug-likeness (QED) is 0.736. The summed E-state index contributed by atoms with van der Waals surface area (Å²) in [4.78, 5) is 14.9. The van der Waals surface area contributed by atoms with Gasteiger partial charge in [-0.3, -0.25) is 4.79 Å². The van der Waals surface area contributed by atoms with Gasteiger partial charge in [-0.1, -0.05) is 18.2 Å². The number of ether oxygens (including phenoxy) is 1. The fourth-order valence-electron chi connectivity index (χ4n) is 3.39. The van der Waals surface area contributed by atoms with Crippen molar-refractivity contribution in [1.82, 2.24) is 9.47 Å². The number of methoxy groups -OCH3 is 1. The Balaban J connectivity index is 1.62. The van der Waals surface area contributed by atoms with E-state index in [2.05, 4.69) is 12.1 Å². The maximum Gasteiger partial charge on any atom is 0.254 e. The van der Waals surface area contributed by atoms with Crippen molar-refractivity contribution in [2.45, 2.75) is 12.5 Å². The first-order chi connectivity index (χ1) is 11.7. The summed E-state index contributed by atoms with van der Waals surface area (Å²) in [5.41, 5.74) is 2.96. The molecule has 0 bridgehead atoms. The average Bonchev–Trinajstić information content (AvgIpc) is 2.95. The van der Waals surface area contributed by atoms with E-state index >= 15 is 0 Å². The summed E-state index contributed by atoms with van der Waals surface area (Å²) in [6, 6.07) is 16.1. The molecule has 4 heteroatoms. The van der Waals surface area contributed by atoms with Gasteiger partial charge in [0.05, 0.1) is 13.2 Å². The number of amides is 1. The number of hydrogen-bond donors (Lipinski definition) is 0. The number of benzene rings is 2. The third kappa shape index (κ3) is 2.35. The van der Waals surface area contributed by atoms with Crippen molar-refractivity contribution in [2.24, 2.45) is 7.05 Å². The van der Waals surface area contributed by atoms with Crippen LogP contribution in [0.3, 0.4) is 0 Å². The van der Waals surface area contributed by atoms with E-state index < -0.39 is 0 Å². The van der Waals surface area contributed by atoms with Gasteiger partial charge in [-0.2, -0.15) is 0 Å². The van der Waals surface area contributed by atoms with Crippen molar-refractivity contribution in [3.8, 4) is 5.75 Å². The fourth-order valence-corrected chi connectivity index (χ4v) is 3.39. The number of hydrogen-bond acceptors (Lipinski definition) is 2. The van der Waals surface area contributed by atoms with Crippen molar-refractivity contribution < 1.29 is 9.53 Å². The normalized spacial score (nSPS) is 16.9. The number of carbonyl (C=O) groups is 1. The minimum Gasteiger partial charge on any atom is -0.497 e. The summed E-state index contributed by atoms with van der Waals surface area (Å²) in [6.45, 7) is 0.798. The average molecular weight is 320 g/mol. The lowest BCUT2D eigenvalue weighted by Gasteiger charge is -2.41. The Morgan fingerprint density at radius 2 is 2.04 bits per heavy atom. The van der Waals surface area contributed by atoms with Gasteiger partial charge in [-0.15, -0.1) is 0 Å². The van der Waals surface area contributed by atoms with Crippen molar-refractivity contribution in [1.29, 1.82) is 0 Å². The Morgan fingerprint density at radius 3 is 2.79 bits per heavy atom. The predicted molar refractivity (Wildman–Crippen MR) is 94.3 cm³/mol. The molecule has 1 fully saturated rings. The second kappa shape index (κ2) is 5.71. The highest BCUT2D eigenvalue weighted by atomic mass is 16.5. The van der Waals surface area contributed by atoms with Crippen LogP contribution in [0, 0.1) is 0 Å². The molecule has 4 nitrogen and oxygen atoms in total. The van der Waals surface area contributed by atoms with Crippen LogP contribution in [0.2, 0.25) is 0 Å². The van der Waals surface area contributed by atoms with Crippen LogP contribution in [0.25, 0.3) is 10.9 Å². The molecule has 1 aliphatic heterocycles. The molecule has 24 heavy (non-hydrogen) atoms. The van der Waals surface area contributed by atoms with E-state index in [1.54, 1.807) is 7.11 Å². The predicted octanol–water partition coefficient (Wildman–Crippen LogP) is 3.77. The summed E-state index contributed by atoms with van der Waals surface area (Å²) in [6.07, 6.45) is 3.01.